The summed E-state index contributed by atoms with van der Waals surface area (Å²) in [4.78, 5) is 10.6. The van der Waals surface area contributed by atoms with Crippen LogP contribution in [0.1, 0.15) is 23.0 Å². The van der Waals surface area contributed by atoms with Crippen LogP contribution in [-0.2, 0) is 6.42 Å². The maximum atomic E-state index is 11.0. The molecular weight excluding hydrogens is 158 g/mol. The summed E-state index contributed by atoms with van der Waals surface area (Å²) < 4.78 is 0.376. The zero-order chi connectivity index (χ0) is 9.14. The van der Waals surface area contributed by atoms with Crippen molar-refractivity contribution < 1.29 is 14.6 Å². The molecule has 1 aromatic heterocycles. The Kier molecular flexibility index (Phi) is 2.28. The van der Waals surface area contributed by atoms with Crippen molar-refractivity contribution in [3.05, 3.63) is 34.8 Å². The molecule has 0 aromatic carbocycles. The molecule has 4 heteroatoms. The highest BCUT2D eigenvalue weighted by atomic mass is 16.5. The number of carboxylic acid groups (broad SMARTS) is 1. The topological polar surface area (TPSA) is 64.2 Å². The van der Waals surface area contributed by atoms with E-state index in [4.69, 9.17) is 5.11 Å². The van der Waals surface area contributed by atoms with Crippen LogP contribution in [-0.4, -0.2) is 11.1 Å². The molecule has 0 fully saturated rings. The van der Waals surface area contributed by atoms with E-state index in [0.717, 1.165) is 0 Å². The molecule has 0 aliphatic heterocycles. The normalized spacial score (nSPS) is 9.75. The van der Waals surface area contributed by atoms with E-state index in [1.807, 2.05) is 6.92 Å². The highest BCUT2D eigenvalue weighted by Gasteiger charge is 2.18. The monoisotopic (exact) mass is 167 g/mol. The van der Waals surface area contributed by atoms with Gasteiger partial charge in [-0.3, -0.25) is 0 Å². The van der Waals surface area contributed by atoms with Crippen molar-refractivity contribution in [2.24, 2.45) is 0 Å². The first-order chi connectivity index (χ1) is 5.66. The number of nitrogens with zero attached hydrogens (tertiary/aromatic N) is 1. The average molecular weight is 167 g/mol. The highest BCUT2D eigenvalue weighted by molar-refractivity contribution is 5.85. The molecule has 0 saturated carbocycles. The fourth-order valence-electron chi connectivity index (χ4n) is 1.05. The van der Waals surface area contributed by atoms with E-state index in [1.165, 1.54) is 12.3 Å². The summed E-state index contributed by atoms with van der Waals surface area (Å²) in [6.07, 6.45) is 1.73. The number of aryl methyl sites for hydroxylation is 1. The molecule has 1 rings (SSSR count). The molecule has 0 spiro atoms. The quantitative estimate of drug-likeness (QED) is 0.517. The lowest BCUT2D eigenvalue weighted by atomic mass is 10.1. The molecule has 0 radical (unpaired) electrons. The summed E-state index contributed by atoms with van der Waals surface area (Å²) in [5, 5.41) is 19.6. The van der Waals surface area contributed by atoms with Crippen LogP contribution in [0, 0.1) is 5.21 Å². The zero-order valence-electron chi connectivity index (χ0n) is 6.65. The van der Waals surface area contributed by atoms with Crippen LogP contribution in [0.3, 0.4) is 0 Å². The van der Waals surface area contributed by atoms with Gasteiger partial charge >= 0.3 is 11.7 Å². The number of hydrogen-bond donors (Lipinski definition) is 1. The molecule has 1 aromatic rings. The molecule has 0 unspecified atom stereocenters. The standard InChI is InChI=1S/C8H9NO3/c1-2-6-4-3-5-9(12)7(6)8(10)11/h3-5H,2H2,1H3,(H,10,11). The number of rotatable bonds is 2. The fourth-order valence-corrected chi connectivity index (χ4v) is 1.05. The second-order valence-corrected chi connectivity index (χ2v) is 2.37. The number of pyridine rings is 1. The Morgan fingerprint density at radius 3 is 2.83 bits per heavy atom. The molecular formula is C8H9NO3. The minimum atomic E-state index is -1.18. The summed E-state index contributed by atoms with van der Waals surface area (Å²) in [5.41, 5.74) is 0.375. The van der Waals surface area contributed by atoms with Gasteiger partial charge < -0.3 is 10.3 Å². The number of carbonyl (C=O) groups is 1. The zero-order valence-corrected chi connectivity index (χ0v) is 6.65. The molecule has 0 amide bonds. The second-order valence-electron chi connectivity index (χ2n) is 2.37. The van der Waals surface area contributed by atoms with Gasteiger partial charge in [-0.15, -0.1) is 0 Å². The van der Waals surface area contributed by atoms with Gasteiger partial charge in [-0.1, -0.05) is 6.92 Å². The van der Waals surface area contributed by atoms with Gasteiger partial charge in [-0.25, -0.2) is 4.79 Å². The van der Waals surface area contributed by atoms with E-state index in [9.17, 15) is 10.0 Å². The Bertz CT molecular complexity index is 309. The van der Waals surface area contributed by atoms with E-state index in [1.54, 1.807) is 6.07 Å². The molecule has 0 atom stereocenters. The van der Waals surface area contributed by atoms with E-state index >= 15 is 0 Å². The maximum absolute atomic E-state index is 11.0. The summed E-state index contributed by atoms with van der Waals surface area (Å²) >= 11 is 0. The summed E-state index contributed by atoms with van der Waals surface area (Å²) in [6.45, 7) is 1.81. The number of aromatic nitrogens is 1. The Balaban J connectivity index is 3.29. The van der Waals surface area contributed by atoms with E-state index in [0.29, 0.717) is 16.7 Å². The molecule has 1 N–H and O–H groups in total. The van der Waals surface area contributed by atoms with Gasteiger partial charge in [0, 0.05) is 11.6 Å². The highest BCUT2D eigenvalue weighted by Crippen LogP contribution is 2.03. The molecule has 0 aliphatic rings. The predicted molar refractivity (Wildman–Crippen MR) is 41.7 cm³/mol. The van der Waals surface area contributed by atoms with Crippen molar-refractivity contribution in [1.29, 1.82) is 0 Å². The molecule has 4 nitrogen and oxygen atoms in total. The lowest BCUT2D eigenvalue weighted by molar-refractivity contribution is -0.608. The third-order valence-corrected chi connectivity index (χ3v) is 1.63. The Morgan fingerprint density at radius 2 is 2.42 bits per heavy atom. The molecule has 1 heterocycles. The number of aromatic carboxylic acids is 1. The van der Waals surface area contributed by atoms with Crippen molar-refractivity contribution >= 4 is 5.97 Å². The van der Waals surface area contributed by atoms with Crippen LogP contribution in [0.15, 0.2) is 18.3 Å². The lowest BCUT2D eigenvalue weighted by Gasteiger charge is -2.03. The molecule has 64 valence electrons. The van der Waals surface area contributed by atoms with Crippen LogP contribution in [0.4, 0.5) is 0 Å². The number of hydrogen-bond acceptors (Lipinski definition) is 2. The lowest BCUT2D eigenvalue weighted by Crippen LogP contribution is -2.35. The van der Waals surface area contributed by atoms with Gasteiger partial charge in [0.05, 0.1) is 0 Å². The van der Waals surface area contributed by atoms with Gasteiger partial charge in [0.15, 0.2) is 6.20 Å². The van der Waals surface area contributed by atoms with E-state index < -0.39 is 5.97 Å². The Labute approximate surface area is 69.7 Å². The predicted octanol–water partition coefficient (Wildman–Crippen LogP) is 0.581. The first-order valence-corrected chi connectivity index (χ1v) is 3.61. The van der Waals surface area contributed by atoms with Gasteiger partial charge in [0.25, 0.3) is 0 Å². The molecule has 0 saturated heterocycles. The van der Waals surface area contributed by atoms with Crippen LogP contribution >= 0.6 is 0 Å². The summed E-state index contributed by atoms with van der Waals surface area (Å²) in [7, 11) is 0. The van der Waals surface area contributed by atoms with Crippen molar-refractivity contribution in [1.82, 2.24) is 0 Å². The minimum absolute atomic E-state index is 0.181. The van der Waals surface area contributed by atoms with E-state index in [2.05, 4.69) is 0 Å². The van der Waals surface area contributed by atoms with Crippen LogP contribution in [0.5, 0.6) is 0 Å². The molecule has 0 aliphatic carbocycles. The fraction of sp³-hybridized carbons (Fsp3) is 0.250. The molecule has 0 bridgehead atoms. The van der Waals surface area contributed by atoms with Crippen molar-refractivity contribution in [3.8, 4) is 0 Å². The molecule has 12 heavy (non-hydrogen) atoms. The van der Waals surface area contributed by atoms with Gasteiger partial charge in [0.2, 0.25) is 0 Å². The van der Waals surface area contributed by atoms with Gasteiger partial charge in [0.1, 0.15) is 0 Å². The average Bonchev–Trinajstić information content (AvgIpc) is 2.03. The van der Waals surface area contributed by atoms with Crippen LogP contribution < -0.4 is 4.73 Å². The first-order valence-electron chi connectivity index (χ1n) is 3.61. The first kappa shape index (κ1) is 8.52. The van der Waals surface area contributed by atoms with Crippen LogP contribution in [0.2, 0.25) is 0 Å². The summed E-state index contributed by atoms with van der Waals surface area (Å²) in [5.74, 6) is -1.18. The van der Waals surface area contributed by atoms with Crippen molar-refractivity contribution in [3.63, 3.8) is 0 Å². The van der Waals surface area contributed by atoms with Crippen LogP contribution in [0.25, 0.3) is 0 Å². The minimum Gasteiger partial charge on any atom is -0.618 e. The van der Waals surface area contributed by atoms with Gasteiger partial charge in [-0.2, -0.15) is 4.73 Å². The third-order valence-electron chi connectivity index (χ3n) is 1.63. The maximum Gasteiger partial charge on any atom is 0.402 e. The Morgan fingerprint density at radius 1 is 1.75 bits per heavy atom. The third kappa shape index (κ3) is 1.37. The van der Waals surface area contributed by atoms with E-state index in [-0.39, 0.29) is 5.69 Å². The SMILES string of the molecule is CCc1ccc[n+]([O-])c1C(=O)O. The smallest absolute Gasteiger partial charge is 0.402 e. The second kappa shape index (κ2) is 3.21. The van der Waals surface area contributed by atoms with Gasteiger partial charge in [-0.05, 0) is 12.5 Å². The Hall–Kier alpha value is -1.58. The van der Waals surface area contributed by atoms with Crippen molar-refractivity contribution in [2.75, 3.05) is 0 Å². The largest absolute Gasteiger partial charge is 0.618 e. The van der Waals surface area contributed by atoms with Crippen molar-refractivity contribution in [2.45, 2.75) is 13.3 Å². The summed E-state index contributed by atoms with van der Waals surface area (Å²) in [6, 6.07) is 3.18. The number of carboxylic acids is 1.